The third-order valence-corrected chi connectivity index (χ3v) is 5.89. The van der Waals surface area contributed by atoms with Crippen LogP contribution in [0.1, 0.15) is 31.2 Å². The summed E-state index contributed by atoms with van der Waals surface area (Å²) in [5.41, 5.74) is 0.919. The van der Waals surface area contributed by atoms with Crippen LogP contribution in [0.5, 0.6) is 0 Å². The van der Waals surface area contributed by atoms with Crippen LogP contribution in [0, 0.1) is 11.8 Å². The highest BCUT2D eigenvalue weighted by Crippen LogP contribution is 2.30. The summed E-state index contributed by atoms with van der Waals surface area (Å²) in [4.78, 5) is 25.0. The lowest BCUT2D eigenvalue weighted by molar-refractivity contribution is -0.117. The van der Waals surface area contributed by atoms with Gasteiger partial charge in [-0.25, -0.2) is 4.79 Å². The molecule has 2 aliphatic rings. The molecular formula is C26H35NO7. The van der Waals surface area contributed by atoms with Gasteiger partial charge < -0.3 is 29.0 Å². The van der Waals surface area contributed by atoms with Crippen molar-refractivity contribution >= 4 is 11.9 Å². The van der Waals surface area contributed by atoms with Crippen LogP contribution in [0.25, 0.3) is 0 Å². The number of hydrogen-bond donors (Lipinski definition) is 1. The Labute approximate surface area is 201 Å². The molecule has 1 N–H and O–H groups in total. The molecule has 1 fully saturated rings. The van der Waals surface area contributed by atoms with Gasteiger partial charge in [0.15, 0.2) is 12.1 Å². The highest BCUT2D eigenvalue weighted by molar-refractivity contribution is 5.89. The number of carbonyl (C=O) groups excluding carboxylic acids is 2. The number of ketones is 1. The summed E-state index contributed by atoms with van der Waals surface area (Å²) in [5.74, 6) is 0.142. The van der Waals surface area contributed by atoms with Gasteiger partial charge in [0.1, 0.15) is 13.4 Å². The largest absolute Gasteiger partial charge is 0.445 e. The molecule has 8 heteroatoms. The molecule has 1 amide bonds. The van der Waals surface area contributed by atoms with Gasteiger partial charge in [-0.3, -0.25) is 4.79 Å². The molecule has 1 aromatic carbocycles. The predicted octanol–water partition coefficient (Wildman–Crippen LogP) is 3.76. The molecular weight excluding hydrogens is 438 g/mol. The lowest BCUT2D eigenvalue weighted by Gasteiger charge is -2.33. The lowest BCUT2D eigenvalue weighted by atomic mass is 9.77. The molecule has 1 heterocycles. The second kappa shape index (κ2) is 14.7. The molecule has 0 spiro atoms. The second-order valence-corrected chi connectivity index (χ2v) is 8.37. The molecule has 0 bridgehead atoms. The zero-order valence-corrected chi connectivity index (χ0v) is 19.7. The molecule has 0 unspecified atom stereocenters. The molecule has 1 aromatic rings. The Balaban J connectivity index is 1.57. The first-order valence-electron chi connectivity index (χ1n) is 11.8. The quantitative estimate of drug-likeness (QED) is 0.202. The van der Waals surface area contributed by atoms with Crippen LogP contribution in [0.4, 0.5) is 4.79 Å². The number of methoxy groups -OCH3 is 1. The molecule has 3 rings (SSSR count). The number of nitrogens with one attached hydrogen (secondary N) is 1. The summed E-state index contributed by atoms with van der Waals surface area (Å²) in [5, 5.41) is 2.96. The average molecular weight is 474 g/mol. The van der Waals surface area contributed by atoms with Crippen LogP contribution in [-0.2, 0) is 35.1 Å². The zero-order chi connectivity index (χ0) is 24.0. The minimum absolute atomic E-state index is 0.00781. The monoisotopic (exact) mass is 473 g/mol. The van der Waals surface area contributed by atoms with Crippen molar-refractivity contribution in [1.82, 2.24) is 5.32 Å². The van der Waals surface area contributed by atoms with E-state index in [9.17, 15) is 9.59 Å². The second-order valence-electron chi connectivity index (χ2n) is 8.37. The van der Waals surface area contributed by atoms with E-state index in [1.807, 2.05) is 42.5 Å². The number of hydrogen-bond acceptors (Lipinski definition) is 7. The van der Waals surface area contributed by atoms with E-state index in [2.05, 4.69) is 11.4 Å². The topological polar surface area (TPSA) is 92.3 Å². The zero-order valence-electron chi connectivity index (χ0n) is 19.7. The average Bonchev–Trinajstić information content (AvgIpc) is 3.38. The maximum Gasteiger partial charge on any atom is 0.407 e. The van der Waals surface area contributed by atoms with E-state index in [1.54, 1.807) is 13.2 Å². The fourth-order valence-corrected chi connectivity index (χ4v) is 4.12. The highest BCUT2D eigenvalue weighted by Gasteiger charge is 2.30. The van der Waals surface area contributed by atoms with Crippen molar-refractivity contribution in [2.75, 3.05) is 33.7 Å². The smallest absolute Gasteiger partial charge is 0.407 e. The van der Waals surface area contributed by atoms with Crippen molar-refractivity contribution in [2.24, 2.45) is 11.8 Å². The normalized spacial score (nSPS) is 22.8. The Morgan fingerprint density at radius 2 is 1.94 bits per heavy atom. The molecule has 3 atom stereocenters. The Morgan fingerprint density at radius 1 is 1.15 bits per heavy atom. The van der Waals surface area contributed by atoms with Crippen LogP contribution >= 0.6 is 0 Å². The first-order valence-corrected chi connectivity index (χ1v) is 11.8. The van der Waals surface area contributed by atoms with Gasteiger partial charge in [0, 0.05) is 32.5 Å². The molecule has 186 valence electrons. The molecule has 1 saturated heterocycles. The van der Waals surface area contributed by atoms with Gasteiger partial charge in [-0.15, -0.1) is 0 Å². The summed E-state index contributed by atoms with van der Waals surface area (Å²) in [6, 6.07) is 9.25. The third-order valence-electron chi connectivity index (χ3n) is 5.89. The summed E-state index contributed by atoms with van der Waals surface area (Å²) in [6.07, 6.45) is 9.26. The minimum atomic E-state index is -0.491. The van der Waals surface area contributed by atoms with Gasteiger partial charge in [-0.1, -0.05) is 48.6 Å². The molecule has 1 aliphatic carbocycles. The summed E-state index contributed by atoms with van der Waals surface area (Å²) >= 11 is 0. The van der Waals surface area contributed by atoms with E-state index in [0.29, 0.717) is 32.7 Å². The van der Waals surface area contributed by atoms with Crippen LogP contribution in [-0.4, -0.2) is 57.9 Å². The SMILES string of the molecule is COCOCC[C@@H]1CC=C[C@@H](NC(=O)OCc2ccccc2)[C@H]1/C=C/C(=O)CCC1OCCO1. The summed E-state index contributed by atoms with van der Waals surface area (Å²) < 4.78 is 26.6. The van der Waals surface area contributed by atoms with Crippen molar-refractivity contribution in [3.8, 4) is 0 Å². The van der Waals surface area contributed by atoms with Gasteiger partial charge in [-0.05, 0) is 30.4 Å². The van der Waals surface area contributed by atoms with Crippen LogP contribution in [0.3, 0.4) is 0 Å². The number of rotatable bonds is 13. The number of ether oxygens (including phenoxy) is 5. The van der Waals surface area contributed by atoms with E-state index in [0.717, 1.165) is 18.4 Å². The van der Waals surface area contributed by atoms with Crippen LogP contribution in [0.15, 0.2) is 54.6 Å². The van der Waals surface area contributed by atoms with Crippen molar-refractivity contribution in [3.63, 3.8) is 0 Å². The number of carbonyl (C=O) groups is 2. The Morgan fingerprint density at radius 3 is 2.71 bits per heavy atom. The molecule has 0 radical (unpaired) electrons. The first kappa shape index (κ1) is 26.1. The van der Waals surface area contributed by atoms with E-state index in [-0.39, 0.29) is 43.4 Å². The first-order chi connectivity index (χ1) is 16.7. The molecule has 0 saturated carbocycles. The number of alkyl carbamates (subject to hydrolysis) is 1. The minimum Gasteiger partial charge on any atom is -0.445 e. The molecule has 0 aromatic heterocycles. The van der Waals surface area contributed by atoms with Crippen molar-refractivity contribution in [3.05, 3.63) is 60.2 Å². The standard InChI is InChI=1S/C26H35NO7/c1-30-19-31-15-14-21-8-5-9-24(27-26(29)34-18-20-6-3-2-4-7-20)23(21)12-10-22(28)11-13-25-32-16-17-33-25/h2-7,9-10,12,21,23-25H,8,11,13-19H2,1H3,(H,27,29)/b12-10+/t21-,23-,24+/m0/s1. The van der Waals surface area contributed by atoms with Gasteiger partial charge in [0.25, 0.3) is 0 Å². The van der Waals surface area contributed by atoms with E-state index in [4.69, 9.17) is 23.7 Å². The van der Waals surface area contributed by atoms with E-state index >= 15 is 0 Å². The van der Waals surface area contributed by atoms with Gasteiger partial charge >= 0.3 is 6.09 Å². The maximum absolute atomic E-state index is 12.5. The maximum atomic E-state index is 12.5. The van der Waals surface area contributed by atoms with Crippen molar-refractivity contribution in [1.29, 1.82) is 0 Å². The van der Waals surface area contributed by atoms with E-state index in [1.165, 1.54) is 0 Å². The van der Waals surface area contributed by atoms with Gasteiger partial charge in [0.2, 0.25) is 0 Å². The van der Waals surface area contributed by atoms with E-state index < -0.39 is 6.09 Å². The van der Waals surface area contributed by atoms with Gasteiger partial charge in [-0.2, -0.15) is 0 Å². The fourth-order valence-electron chi connectivity index (χ4n) is 4.12. The number of allylic oxidation sites excluding steroid dienone is 2. The van der Waals surface area contributed by atoms with Crippen molar-refractivity contribution < 1.29 is 33.3 Å². The fraction of sp³-hybridized carbons (Fsp3) is 0.538. The lowest BCUT2D eigenvalue weighted by Crippen LogP contribution is -2.43. The molecule has 8 nitrogen and oxygen atoms in total. The Hall–Kier alpha value is -2.52. The molecule has 1 aliphatic heterocycles. The highest BCUT2D eigenvalue weighted by atomic mass is 16.7. The van der Waals surface area contributed by atoms with Crippen molar-refractivity contribution in [2.45, 2.75) is 44.6 Å². The summed E-state index contributed by atoms with van der Waals surface area (Å²) in [6.45, 7) is 2.11. The number of benzene rings is 1. The third kappa shape index (κ3) is 9.02. The molecule has 34 heavy (non-hydrogen) atoms. The van der Waals surface area contributed by atoms with Crippen LogP contribution in [0.2, 0.25) is 0 Å². The summed E-state index contributed by atoms with van der Waals surface area (Å²) in [7, 11) is 1.59. The Bertz CT molecular complexity index is 805. The Kier molecular flexibility index (Phi) is 11.3. The van der Waals surface area contributed by atoms with Gasteiger partial charge in [0.05, 0.1) is 19.3 Å². The van der Waals surface area contributed by atoms with Crippen LogP contribution < -0.4 is 5.32 Å². The predicted molar refractivity (Wildman–Crippen MR) is 126 cm³/mol. The number of amides is 1.